The van der Waals surface area contributed by atoms with Crippen molar-refractivity contribution in [1.82, 2.24) is 5.32 Å². The maximum atomic E-state index is 6.54. The first-order valence-corrected chi connectivity index (χ1v) is 14.7. The number of allylic oxidation sites excluding steroid dienone is 2. The number of benzene rings is 4. The monoisotopic (exact) mass is 553 g/mol. The normalized spacial score (nSPS) is 17.2. The molecule has 0 spiro atoms. The molecule has 41 heavy (non-hydrogen) atoms. The van der Waals surface area contributed by atoms with Crippen molar-refractivity contribution in [3.8, 4) is 11.1 Å². The Morgan fingerprint density at radius 3 is 2.46 bits per heavy atom. The van der Waals surface area contributed by atoms with Gasteiger partial charge in [-0.05, 0) is 59.5 Å². The molecule has 3 atom stereocenters. The highest BCUT2D eigenvalue weighted by Crippen LogP contribution is 2.49. The number of rotatable bonds is 7. The first-order valence-electron chi connectivity index (χ1n) is 13.9. The van der Waals surface area contributed by atoms with Crippen LogP contribution < -0.4 is 21.3 Å². The van der Waals surface area contributed by atoms with E-state index >= 15 is 0 Å². The zero-order valence-corrected chi connectivity index (χ0v) is 23.6. The van der Waals surface area contributed by atoms with E-state index in [0.717, 1.165) is 16.7 Å². The number of anilines is 2. The summed E-state index contributed by atoms with van der Waals surface area (Å²) in [7, 11) is 0. The third-order valence-electron chi connectivity index (χ3n) is 7.73. The number of hydrogen-bond donors (Lipinski definition) is 3. The SMILES string of the molecule is CC(NC(N=C(N)c1ccccc1)c1cccc(-c2ccc3sc4c(c3c2)NC2C=CC=CN42)c1)c1ccccc1. The number of fused-ring (bicyclic) bond motifs is 5. The zero-order valence-electron chi connectivity index (χ0n) is 22.7. The Balaban J connectivity index is 1.25. The molecule has 6 heteroatoms. The van der Waals surface area contributed by atoms with Gasteiger partial charge < -0.3 is 16.0 Å². The van der Waals surface area contributed by atoms with Gasteiger partial charge >= 0.3 is 0 Å². The maximum Gasteiger partial charge on any atom is 0.128 e. The van der Waals surface area contributed by atoms with Crippen molar-refractivity contribution in [1.29, 1.82) is 0 Å². The minimum Gasteiger partial charge on any atom is -0.383 e. The quantitative estimate of drug-likeness (QED) is 0.141. The van der Waals surface area contributed by atoms with E-state index in [9.17, 15) is 0 Å². The van der Waals surface area contributed by atoms with Crippen molar-refractivity contribution in [2.75, 3.05) is 10.2 Å². The molecule has 2 aliphatic heterocycles. The van der Waals surface area contributed by atoms with Crippen LogP contribution in [-0.2, 0) is 0 Å². The Kier molecular flexibility index (Phi) is 6.63. The summed E-state index contributed by atoms with van der Waals surface area (Å²) in [5.74, 6) is 0.509. The van der Waals surface area contributed by atoms with Crippen LogP contribution in [0.4, 0.5) is 10.7 Å². The van der Waals surface area contributed by atoms with Crippen molar-refractivity contribution in [2.45, 2.75) is 25.3 Å². The summed E-state index contributed by atoms with van der Waals surface area (Å²) in [4.78, 5) is 7.31. The molecule has 0 saturated heterocycles. The van der Waals surface area contributed by atoms with E-state index in [2.05, 4.69) is 114 Å². The summed E-state index contributed by atoms with van der Waals surface area (Å²) in [6, 6.07) is 35.8. The lowest BCUT2D eigenvalue weighted by Gasteiger charge is -2.22. The van der Waals surface area contributed by atoms with Crippen LogP contribution in [0.5, 0.6) is 0 Å². The van der Waals surface area contributed by atoms with Gasteiger partial charge in [0.05, 0.1) is 5.69 Å². The van der Waals surface area contributed by atoms with Gasteiger partial charge in [0, 0.05) is 27.9 Å². The van der Waals surface area contributed by atoms with E-state index < -0.39 is 0 Å². The van der Waals surface area contributed by atoms with E-state index in [1.54, 1.807) is 0 Å². The second-order valence-corrected chi connectivity index (χ2v) is 11.5. The Hall–Kier alpha value is -4.65. The second kappa shape index (κ2) is 10.7. The van der Waals surface area contributed by atoms with E-state index in [1.807, 2.05) is 47.7 Å². The molecule has 3 heterocycles. The summed E-state index contributed by atoms with van der Waals surface area (Å²) in [6.07, 6.45) is 8.38. The number of hydrogen-bond acceptors (Lipinski definition) is 5. The van der Waals surface area contributed by atoms with Gasteiger partial charge in [0.15, 0.2) is 0 Å². The van der Waals surface area contributed by atoms with Crippen molar-refractivity contribution in [3.05, 3.63) is 144 Å². The molecule has 4 N–H and O–H groups in total. The summed E-state index contributed by atoms with van der Waals surface area (Å²) in [6.45, 7) is 2.16. The molecule has 0 saturated carbocycles. The lowest BCUT2D eigenvalue weighted by molar-refractivity contribution is 0.481. The molecule has 1 aromatic heterocycles. The molecule has 0 bridgehead atoms. The van der Waals surface area contributed by atoms with Crippen molar-refractivity contribution in [2.24, 2.45) is 10.7 Å². The van der Waals surface area contributed by atoms with Gasteiger partial charge in [-0.25, -0.2) is 4.99 Å². The van der Waals surface area contributed by atoms with E-state index in [4.69, 9.17) is 10.7 Å². The average molecular weight is 554 g/mol. The molecule has 3 unspecified atom stereocenters. The molecule has 0 aliphatic carbocycles. The largest absolute Gasteiger partial charge is 0.383 e. The standard InChI is InChI=1S/C35H31N5S/c1-23(24-11-4-2-5-12-24)37-34(39-33(36)25-13-6-3-7-14-25)28-16-10-15-26(21-28)27-18-19-30-29(22-27)32-35(41-30)40-20-9-8-17-31(40)38-32/h2-23,31,34,37-38H,1H3,(H2,36,39). The lowest BCUT2D eigenvalue weighted by atomic mass is 10.00. The van der Waals surface area contributed by atoms with Crippen molar-refractivity contribution < 1.29 is 0 Å². The van der Waals surface area contributed by atoms with Crippen molar-refractivity contribution in [3.63, 3.8) is 0 Å². The number of nitrogens with zero attached hydrogens (tertiary/aromatic N) is 2. The van der Waals surface area contributed by atoms with Crippen LogP contribution in [0, 0.1) is 0 Å². The fourth-order valence-corrected chi connectivity index (χ4v) is 6.70. The summed E-state index contributed by atoms with van der Waals surface area (Å²) >= 11 is 1.83. The summed E-state index contributed by atoms with van der Waals surface area (Å²) < 4.78 is 1.28. The summed E-state index contributed by atoms with van der Waals surface area (Å²) in [5.41, 5.74) is 13.2. The fourth-order valence-electron chi connectivity index (χ4n) is 5.54. The third kappa shape index (κ3) is 4.92. The van der Waals surface area contributed by atoms with Gasteiger partial charge in [-0.15, -0.1) is 11.3 Å². The summed E-state index contributed by atoms with van der Waals surface area (Å²) in [5, 5.41) is 9.94. The van der Waals surface area contributed by atoms with Crippen LogP contribution in [0.15, 0.2) is 133 Å². The van der Waals surface area contributed by atoms with Crippen LogP contribution in [0.2, 0.25) is 0 Å². The van der Waals surface area contributed by atoms with Crippen LogP contribution >= 0.6 is 11.3 Å². The molecule has 5 aromatic rings. The molecule has 7 rings (SSSR count). The molecule has 0 fully saturated rings. The Morgan fingerprint density at radius 2 is 1.63 bits per heavy atom. The Labute approximate surface area is 244 Å². The maximum absolute atomic E-state index is 6.54. The average Bonchev–Trinajstić information content (AvgIpc) is 3.57. The highest BCUT2D eigenvalue weighted by Gasteiger charge is 2.30. The predicted octanol–water partition coefficient (Wildman–Crippen LogP) is 7.96. The zero-order chi connectivity index (χ0) is 27.8. The molecule has 0 amide bonds. The number of aliphatic imine (C=N–C) groups is 1. The Morgan fingerprint density at radius 1 is 0.878 bits per heavy atom. The third-order valence-corrected chi connectivity index (χ3v) is 8.91. The van der Waals surface area contributed by atoms with Crippen LogP contribution in [0.25, 0.3) is 21.2 Å². The first kappa shape index (κ1) is 25.3. The highest BCUT2D eigenvalue weighted by molar-refractivity contribution is 7.23. The smallest absolute Gasteiger partial charge is 0.128 e. The highest BCUT2D eigenvalue weighted by atomic mass is 32.1. The van der Waals surface area contributed by atoms with E-state index in [0.29, 0.717) is 5.84 Å². The lowest BCUT2D eigenvalue weighted by Crippen LogP contribution is -2.30. The van der Waals surface area contributed by atoms with Gasteiger partial charge in [0.2, 0.25) is 0 Å². The molecule has 5 nitrogen and oxygen atoms in total. The number of thiophene rings is 1. The minimum atomic E-state index is -0.323. The van der Waals surface area contributed by atoms with Crippen LogP contribution in [0.3, 0.4) is 0 Å². The fraction of sp³-hybridized carbons (Fsp3) is 0.114. The number of nitrogens with two attached hydrogens (primary N) is 1. The number of nitrogens with one attached hydrogen (secondary N) is 2. The molecule has 0 radical (unpaired) electrons. The van der Waals surface area contributed by atoms with E-state index in [1.165, 1.54) is 31.9 Å². The van der Waals surface area contributed by atoms with Gasteiger partial charge in [-0.2, -0.15) is 0 Å². The van der Waals surface area contributed by atoms with Gasteiger partial charge in [0.25, 0.3) is 0 Å². The molecule has 202 valence electrons. The molecular weight excluding hydrogens is 522 g/mol. The van der Waals surface area contributed by atoms with Gasteiger partial charge in [-0.3, -0.25) is 5.32 Å². The van der Waals surface area contributed by atoms with Gasteiger partial charge in [0.1, 0.15) is 23.2 Å². The Bertz CT molecular complexity index is 1790. The molecule has 4 aromatic carbocycles. The van der Waals surface area contributed by atoms with Crippen molar-refractivity contribution >= 4 is 37.9 Å². The van der Waals surface area contributed by atoms with E-state index in [-0.39, 0.29) is 18.4 Å². The van der Waals surface area contributed by atoms with Crippen LogP contribution in [0.1, 0.15) is 35.8 Å². The number of amidine groups is 1. The second-order valence-electron chi connectivity index (χ2n) is 10.4. The van der Waals surface area contributed by atoms with Crippen LogP contribution in [-0.4, -0.2) is 12.0 Å². The molecule has 2 aliphatic rings. The first-order chi connectivity index (χ1) is 20.1. The molecular formula is C35H31N5S. The predicted molar refractivity (Wildman–Crippen MR) is 173 cm³/mol. The topological polar surface area (TPSA) is 65.7 Å². The minimum absolute atomic E-state index is 0.0784. The van der Waals surface area contributed by atoms with Gasteiger partial charge in [-0.1, -0.05) is 91.0 Å².